The molecule has 136 valence electrons. The van der Waals surface area contributed by atoms with Crippen molar-refractivity contribution < 1.29 is 36.2 Å². The van der Waals surface area contributed by atoms with E-state index in [1.54, 1.807) is 0 Å². The average Bonchev–Trinajstić information content (AvgIpc) is 3.34. The van der Waals surface area contributed by atoms with Crippen molar-refractivity contribution in [2.45, 2.75) is 12.2 Å². The first-order valence-corrected chi connectivity index (χ1v) is 7.55. The van der Waals surface area contributed by atoms with Gasteiger partial charge in [-0.25, -0.2) is 0 Å². The number of epoxide rings is 2. The van der Waals surface area contributed by atoms with Gasteiger partial charge in [0.05, 0.1) is 60.2 Å². The smallest absolute Gasteiger partial charge is 0.104 e. The van der Waals surface area contributed by atoms with Gasteiger partial charge in [-0.05, 0) is 12.2 Å². The highest BCUT2D eigenvalue weighted by atomic mass is 35.5. The summed E-state index contributed by atoms with van der Waals surface area (Å²) in [5.74, 6) is 0. The zero-order valence-corrected chi connectivity index (χ0v) is 15.2. The van der Waals surface area contributed by atoms with Crippen molar-refractivity contribution in [3.05, 3.63) is 38.0 Å². The SMILES string of the molecule is C(OCC1CO1)C1CO1.C=CCO.C=CC[N+](C)(C)CC=C.[Cl-]. The number of hydrogen-bond donors (Lipinski definition) is 1. The number of halogens is 1. The molecule has 2 unspecified atom stereocenters. The van der Waals surface area contributed by atoms with Crippen LogP contribution < -0.4 is 12.4 Å². The van der Waals surface area contributed by atoms with Crippen molar-refractivity contribution in [1.29, 1.82) is 0 Å². The quantitative estimate of drug-likeness (QED) is 0.310. The number of aliphatic hydroxyl groups excluding tert-OH is 1. The van der Waals surface area contributed by atoms with E-state index in [-0.39, 0.29) is 19.0 Å². The molecular weight excluding hydrogens is 318 g/mol. The molecule has 0 aromatic heterocycles. The van der Waals surface area contributed by atoms with E-state index in [1.807, 2.05) is 12.2 Å². The summed E-state index contributed by atoms with van der Waals surface area (Å²) >= 11 is 0. The van der Waals surface area contributed by atoms with Crippen LogP contribution in [0.15, 0.2) is 38.0 Å². The normalized spacial score (nSPS) is 20.5. The van der Waals surface area contributed by atoms with Gasteiger partial charge in [-0.15, -0.1) is 6.58 Å². The van der Waals surface area contributed by atoms with Gasteiger partial charge in [0.2, 0.25) is 0 Å². The van der Waals surface area contributed by atoms with Crippen LogP contribution >= 0.6 is 0 Å². The Morgan fingerprint density at radius 2 is 1.35 bits per heavy atom. The summed E-state index contributed by atoms with van der Waals surface area (Å²) in [6.45, 7) is 15.9. The van der Waals surface area contributed by atoms with Gasteiger partial charge < -0.3 is 36.2 Å². The molecule has 5 nitrogen and oxygen atoms in total. The third kappa shape index (κ3) is 19.3. The second kappa shape index (κ2) is 14.9. The van der Waals surface area contributed by atoms with Gasteiger partial charge in [0.25, 0.3) is 0 Å². The van der Waals surface area contributed by atoms with E-state index < -0.39 is 0 Å². The Balaban J connectivity index is 0. The van der Waals surface area contributed by atoms with Crippen LogP contribution in [0.1, 0.15) is 0 Å². The van der Waals surface area contributed by atoms with Crippen LogP contribution in [0.4, 0.5) is 0 Å². The lowest BCUT2D eigenvalue weighted by Gasteiger charge is -2.26. The van der Waals surface area contributed by atoms with Crippen LogP contribution in [0.5, 0.6) is 0 Å². The molecule has 0 saturated carbocycles. The van der Waals surface area contributed by atoms with Gasteiger partial charge in [-0.2, -0.15) is 0 Å². The minimum Gasteiger partial charge on any atom is -1.00 e. The van der Waals surface area contributed by atoms with Crippen LogP contribution in [0.25, 0.3) is 0 Å². The molecule has 23 heavy (non-hydrogen) atoms. The van der Waals surface area contributed by atoms with Gasteiger partial charge in [0, 0.05) is 0 Å². The molecule has 2 rings (SSSR count). The average molecular weight is 350 g/mol. The van der Waals surface area contributed by atoms with Gasteiger partial charge in [-0.1, -0.05) is 19.2 Å². The second-order valence-electron chi connectivity index (χ2n) is 5.80. The van der Waals surface area contributed by atoms with Crippen molar-refractivity contribution in [2.75, 3.05) is 60.2 Å². The number of likely N-dealkylation sites (N-methyl/N-ethyl adjacent to an activating group) is 1. The van der Waals surface area contributed by atoms with E-state index in [9.17, 15) is 0 Å². The number of ether oxygens (including phenoxy) is 3. The Hall–Kier alpha value is -0.690. The summed E-state index contributed by atoms with van der Waals surface area (Å²) in [5.41, 5.74) is 0. The van der Waals surface area contributed by atoms with Crippen molar-refractivity contribution in [3.8, 4) is 0 Å². The summed E-state index contributed by atoms with van der Waals surface area (Å²) in [5, 5.41) is 7.76. The summed E-state index contributed by atoms with van der Waals surface area (Å²) in [7, 11) is 4.31. The summed E-state index contributed by atoms with van der Waals surface area (Å²) < 4.78 is 16.1. The Morgan fingerprint density at radius 3 is 1.57 bits per heavy atom. The van der Waals surface area contributed by atoms with E-state index in [0.717, 1.165) is 44.0 Å². The molecule has 0 spiro atoms. The molecule has 0 amide bonds. The monoisotopic (exact) mass is 349 g/mol. The summed E-state index contributed by atoms with van der Waals surface area (Å²) in [6, 6.07) is 0. The summed E-state index contributed by atoms with van der Waals surface area (Å²) in [6.07, 6.45) is 6.08. The zero-order valence-electron chi connectivity index (χ0n) is 14.5. The van der Waals surface area contributed by atoms with Crippen LogP contribution in [0.3, 0.4) is 0 Å². The highest BCUT2D eigenvalue weighted by Gasteiger charge is 2.26. The number of quaternary nitrogens is 1. The molecule has 2 atom stereocenters. The van der Waals surface area contributed by atoms with E-state index in [4.69, 9.17) is 19.3 Å². The minimum atomic E-state index is 0. The predicted octanol–water partition coefficient (Wildman–Crippen LogP) is -1.60. The first-order chi connectivity index (χ1) is 10.5. The molecule has 0 bridgehead atoms. The maximum Gasteiger partial charge on any atom is 0.104 e. The highest BCUT2D eigenvalue weighted by Crippen LogP contribution is 2.12. The summed E-state index contributed by atoms with van der Waals surface area (Å²) in [4.78, 5) is 0. The molecular formula is C17H32ClNO4. The topological polar surface area (TPSA) is 54.5 Å². The van der Waals surface area contributed by atoms with E-state index in [2.05, 4.69) is 33.8 Å². The molecule has 2 heterocycles. The van der Waals surface area contributed by atoms with Crippen LogP contribution in [0.2, 0.25) is 0 Å². The maximum atomic E-state index is 7.76. The fraction of sp³-hybridized carbons (Fsp3) is 0.647. The van der Waals surface area contributed by atoms with Gasteiger partial charge in [-0.3, -0.25) is 0 Å². The van der Waals surface area contributed by atoms with Crippen LogP contribution in [-0.4, -0.2) is 82.0 Å². The Morgan fingerprint density at radius 1 is 1.00 bits per heavy atom. The molecule has 2 fully saturated rings. The van der Waals surface area contributed by atoms with E-state index in [1.165, 1.54) is 6.08 Å². The van der Waals surface area contributed by atoms with Crippen LogP contribution in [-0.2, 0) is 14.2 Å². The zero-order chi connectivity index (χ0) is 16.8. The fourth-order valence-corrected chi connectivity index (χ4v) is 1.43. The minimum absolute atomic E-state index is 0. The lowest BCUT2D eigenvalue weighted by molar-refractivity contribution is -0.878. The van der Waals surface area contributed by atoms with E-state index in [0.29, 0.717) is 12.2 Å². The molecule has 0 aromatic carbocycles. The number of nitrogens with zero attached hydrogens (tertiary/aromatic N) is 1. The van der Waals surface area contributed by atoms with Crippen LogP contribution in [0, 0.1) is 0 Å². The number of aliphatic hydroxyl groups is 1. The Kier molecular flexibility index (Phi) is 15.9. The lowest BCUT2D eigenvalue weighted by atomic mass is 10.4. The Bertz CT molecular complexity index is 292. The molecule has 2 saturated heterocycles. The Labute approximate surface area is 147 Å². The molecule has 6 heteroatoms. The molecule has 2 aliphatic rings. The first kappa shape index (κ1) is 24.6. The molecule has 0 aliphatic carbocycles. The molecule has 2 aliphatic heterocycles. The first-order valence-electron chi connectivity index (χ1n) is 7.55. The number of hydrogen-bond acceptors (Lipinski definition) is 4. The van der Waals surface area contributed by atoms with E-state index >= 15 is 0 Å². The van der Waals surface area contributed by atoms with Crippen molar-refractivity contribution >= 4 is 0 Å². The molecule has 0 radical (unpaired) electrons. The lowest BCUT2D eigenvalue weighted by Crippen LogP contribution is -3.00. The maximum absolute atomic E-state index is 7.76. The van der Waals surface area contributed by atoms with Crippen molar-refractivity contribution in [1.82, 2.24) is 0 Å². The third-order valence-corrected chi connectivity index (χ3v) is 2.79. The van der Waals surface area contributed by atoms with Crippen molar-refractivity contribution in [2.24, 2.45) is 0 Å². The highest BCUT2D eigenvalue weighted by molar-refractivity contribution is 4.71. The van der Waals surface area contributed by atoms with Gasteiger partial charge in [0.1, 0.15) is 12.2 Å². The third-order valence-electron chi connectivity index (χ3n) is 2.79. The van der Waals surface area contributed by atoms with Gasteiger partial charge >= 0.3 is 0 Å². The van der Waals surface area contributed by atoms with Gasteiger partial charge in [0.15, 0.2) is 0 Å². The standard InChI is InChI=1S/C8H16N.C6H10O3.C3H6O.ClH/c1-5-7-9(3,4)8-6-2;1(5-3-8-5)7-2-6-4-9-6;1-2-3-4;/h5-6H,1-2,7-8H2,3-4H3;5-6H,1-4H2;2,4H,1,3H2;1H/q+1;;;/p-1. The number of rotatable bonds is 9. The second-order valence-corrected chi connectivity index (χ2v) is 5.80. The van der Waals surface area contributed by atoms with Crippen molar-refractivity contribution in [3.63, 3.8) is 0 Å². The fourth-order valence-electron chi connectivity index (χ4n) is 1.43. The largest absolute Gasteiger partial charge is 1.00 e. The molecule has 1 N–H and O–H groups in total. The predicted molar refractivity (Wildman–Crippen MR) is 89.8 cm³/mol. The molecule has 0 aromatic rings.